The second-order valence-corrected chi connectivity index (χ2v) is 7.69. The Balaban J connectivity index is 2.17. The van der Waals surface area contributed by atoms with Crippen LogP contribution in [0, 0.1) is 5.82 Å². The third kappa shape index (κ3) is 4.95. The quantitative estimate of drug-likeness (QED) is 0.801. The summed E-state index contributed by atoms with van der Waals surface area (Å²) in [6.07, 6.45) is 0.967. The molecule has 0 saturated carbocycles. The van der Waals surface area contributed by atoms with E-state index in [-0.39, 0.29) is 5.69 Å². The first-order chi connectivity index (χ1) is 12.2. The Morgan fingerprint density at radius 1 is 1.23 bits per heavy atom. The summed E-state index contributed by atoms with van der Waals surface area (Å²) < 4.78 is 43.6. The zero-order valence-corrected chi connectivity index (χ0v) is 15.6. The number of carbonyl (C=O) groups is 1. The van der Waals surface area contributed by atoms with Gasteiger partial charge in [0.25, 0.3) is 0 Å². The lowest BCUT2D eigenvalue weighted by atomic mass is 10.1. The molecule has 2 rings (SSSR count). The number of ether oxygens (including phenoxy) is 1. The second kappa shape index (κ2) is 8.18. The smallest absolute Gasteiger partial charge is 0.241 e. The molecule has 2 aromatic carbocycles. The summed E-state index contributed by atoms with van der Waals surface area (Å²) in [5.74, 6) is -0.484. The molecule has 0 heterocycles. The number of benzene rings is 2. The van der Waals surface area contributed by atoms with Gasteiger partial charge in [-0.05, 0) is 31.2 Å². The van der Waals surface area contributed by atoms with Crippen molar-refractivity contribution in [1.82, 2.24) is 5.32 Å². The van der Waals surface area contributed by atoms with Crippen molar-refractivity contribution in [2.24, 2.45) is 0 Å². The van der Waals surface area contributed by atoms with Crippen LogP contribution in [-0.4, -0.2) is 34.2 Å². The molecule has 0 aliphatic heterocycles. The predicted molar refractivity (Wildman–Crippen MR) is 98.1 cm³/mol. The molecule has 0 spiro atoms. The number of anilines is 1. The third-order valence-corrected chi connectivity index (χ3v) is 4.91. The van der Waals surface area contributed by atoms with Crippen molar-refractivity contribution in [1.29, 1.82) is 0 Å². The molecule has 140 valence electrons. The molecular weight excluding hydrogens is 359 g/mol. The zero-order chi connectivity index (χ0) is 19.3. The monoisotopic (exact) mass is 380 g/mol. The van der Waals surface area contributed by atoms with Crippen LogP contribution in [-0.2, 0) is 14.8 Å². The van der Waals surface area contributed by atoms with Crippen molar-refractivity contribution in [3.8, 4) is 5.75 Å². The number of hydrogen-bond donors (Lipinski definition) is 1. The molecule has 1 amide bonds. The van der Waals surface area contributed by atoms with Crippen molar-refractivity contribution >= 4 is 21.6 Å². The van der Waals surface area contributed by atoms with Crippen LogP contribution in [0.5, 0.6) is 5.75 Å². The number of carbonyl (C=O) groups excluding carboxylic acids is 1. The van der Waals surface area contributed by atoms with Crippen molar-refractivity contribution in [2.45, 2.75) is 13.0 Å². The summed E-state index contributed by atoms with van der Waals surface area (Å²) in [7, 11) is -2.23. The number of nitrogens with zero attached hydrogens (tertiary/aromatic N) is 1. The van der Waals surface area contributed by atoms with Crippen LogP contribution in [0.4, 0.5) is 10.1 Å². The van der Waals surface area contributed by atoms with Crippen LogP contribution in [0.15, 0.2) is 48.5 Å². The lowest BCUT2D eigenvalue weighted by Crippen LogP contribution is -2.41. The lowest BCUT2D eigenvalue weighted by molar-refractivity contribution is -0.120. The number of sulfonamides is 1. The van der Waals surface area contributed by atoms with Gasteiger partial charge in [0.1, 0.15) is 18.1 Å². The highest BCUT2D eigenvalue weighted by Gasteiger charge is 2.22. The minimum absolute atomic E-state index is 0.0904. The Labute approximate surface area is 152 Å². The lowest BCUT2D eigenvalue weighted by Gasteiger charge is -2.23. The topological polar surface area (TPSA) is 75.7 Å². The summed E-state index contributed by atoms with van der Waals surface area (Å²) >= 11 is 0. The molecule has 0 radical (unpaired) electrons. The molecule has 0 fully saturated rings. The molecule has 0 aliphatic rings. The molecular formula is C18H21FN2O4S. The van der Waals surface area contributed by atoms with E-state index in [1.54, 1.807) is 13.0 Å². The van der Waals surface area contributed by atoms with E-state index in [9.17, 15) is 17.6 Å². The number of halogens is 1. The van der Waals surface area contributed by atoms with Crippen molar-refractivity contribution in [2.75, 3.05) is 24.2 Å². The summed E-state index contributed by atoms with van der Waals surface area (Å²) in [6, 6.07) is 11.9. The van der Waals surface area contributed by atoms with Crippen molar-refractivity contribution < 1.29 is 22.3 Å². The first-order valence-corrected chi connectivity index (χ1v) is 9.72. The molecule has 26 heavy (non-hydrogen) atoms. The maximum Gasteiger partial charge on any atom is 0.241 e. The second-order valence-electron chi connectivity index (χ2n) is 5.78. The molecule has 8 heteroatoms. The molecule has 0 saturated heterocycles. The minimum Gasteiger partial charge on any atom is -0.496 e. The summed E-state index contributed by atoms with van der Waals surface area (Å²) in [4.78, 5) is 12.4. The van der Waals surface area contributed by atoms with Gasteiger partial charge in [0.05, 0.1) is 25.1 Å². The predicted octanol–water partition coefficient (Wildman–Crippen LogP) is 2.48. The highest BCUT2D eigenvalue weighted by molar-refractivity contribution is 7.92. The number of amides is 1. The highest BCUT2D eigenvalue weighted by Crippen LogP contribution is 2.24. The fourth-order valence-electron chi connectivity index (χ4n) is 2.55. The van der Waals surface area contributed by atoms with Gasteiger partial charge < -0.3 is 10.1 Å². The van der Waals surface area contributed by atoms with Gasteiger partial charge >= 0.3 is 0 Å². The molecule has 1 N–H and O–H groups in total. The average Bonchev–Trinajstić information content (AvgIpc) is 2.58. The third-order valence-electron chi connectivity index (χ3n) is 3.77. The Bertz CT molecular complexity index is 886. The number of hydrogen-bond acceptors (Lipinski definition) is 4. The van der Waals surface area contributed by atoms with Crippen LogP contribution >= 0.6 is 0 Å². The van der Waals surface area contributed by atoms with Crippen LogP contribution in [0.1, 0.15) is 18.5 Å². The SMILES string of the molecule is COc1ccccc1[C@H](C)NC(=O)CN(c1cccc(F)c1)S(C)(=O)=O. The highest BCUT2D eigenvalue weighted by atomic mass is 32.2. The normalized spacial score (nSPS) is 12.3. The van der Waals surface area contributed by atoms with Crippen molar-refractivity contribution in [3.63, 3.8) is 0 Å². The Morgan fingerprint density at radius 3 is 2.54 bits per heavy atom. The summed E-state index contributed by atoms with van der Waals surface area (Å²) in [5, 5.41) is 2.74. The van der Waals surface area contributed by atoms with Gasteiger partial charge in [-0.2, -0.15) is 0 Å². The number of methoxy groups -OCH3 is 1. The van der Waals surface area contributed by atoms with Gasteiger partial charge in [-0.25, -0.2) is 12.8 Å². The Morgan fingerprint density at radius 2 is 1.92 bits per heavy atom. The summed E-state index contributed by atoms with van der Waals surface area (Å²) in [5.41, 5.74) is 0.854. The van der Waals surface area contributed by atoms with Crippen molar-refractivity contribution in [3.05, 3.63) is 59.9 Å². The maximum atomic E-state index is 13.4. The molecule has 1 atom stereocenters. The summed E-state index contributed by atoms with van der Waals surface area (Å²) in [6.45, 7) is 1.31. The first-order valence-electron chi connectivity index (χ1n) is 7.88. The standard InChI is InChI=1S/C18H21FN2O4S/c1-13(16-9-4-5-10-17(16)25-2)20-18(22)12-21(26(3,23)24)15-8-6-7-14(19)11-15/h4-11,13H,12H2,1-3H3,(H,20,22)/t13-/m0/s1. The fourth-order valence-corrected chi connectivity index (χ4v) is 3.40. The van der Waals surface area contributed by atoms with E-state index in [1.165, 1.54) is 25.3 Å². The fraction of sp³-hybridized carbons (Fsp3) is 0.278. The van der Waals surface area contributed by atoms with Crippen LogP contribution < -0.4 is 14.4 Å². The van der Waals surface area contributed by atoms with Crippen LogP contribution in [0.2, 0.25) is 0 Å². The van der Waals surface area contributed by atoms with Crippen LogP contribution in [0.25, 0.3) is 0 Å². The van der Waals surface area contributed by atoms with E-state index < -0.39 is 34.3 Å². The van der Waals surface area contributed by atoms with E-state index in [0.29, 0.717) is 5.75 Å². The van der Waals surface area contributed by atoms with Gasteiger partial charge in [0, 0.05) is 5.56 Å². The molecule has 2 aromatic rings. The Hall–Kier alpha value is -2.61. The van der Waals surface area contributed by atoms with Crippen LogP contribution in [0.3, 0.4) is 0 Å². The number of nitrogens with one attached hydrogen (secondary N) is 1. The van der Waals surface area contributed by atoms with Gasteiger partial charge in [-0.15, -0.1) is 0 Å². The zero-order valence-electron chi connectivity index (χ0n) is 14.8. The molecule has 0 aliphatic carbocycles. The minimum atomic E-state index is -3.76. The van der Waals surface area contributed by atoms with E-state index in [0.717, 1.165) is 22.2 Å². The van der Waals surface area contributed by atoms with E-state index in [4.69, 9.17) is 4.74 Å². The molecule has 0 aromatic heterocycles. The molecule has 0 bridgehead atoms. The number of para-hydroxylation sites is 1. The Kier molecular flexibility index (Phi) is 6.20. The van der Waals surface area contributed by atoms with Gasteiger partial charge in [-0.3, -0.25) is 9.10 Å². The molecule has 0 unspecified atom stereocenters. The van der Waals surface area contributed by atoms with E-state index in [1.807, 2.05) is 18.2 Å². The first kappa shape index (κ1) is 19.7. The average molecular weight is 380 g/mol. The maximum absolute atomic E-state index is 13.4. The van der Waals surface area contributed by atoms with Gasteiger partial charge in [0.2, 0.25) is 15.9 Å². The van der Waals surface area contributed by atoms with E-state index >= 15 is 0 Å². The number of rotatable bonds is 7. The molecule has 6 nitrogen and oxygen atoms in total. The van der Waals surface area contributed by atoms with Gasteiger partial charge in [-0.1, -0.05) is 24.3 Å². The van der Waals surface area contributed by atoms with Gasteiger partial charge in [0.15, 0.2) is 0 Å². The van der Waals surface area contributed by atoms with E-state index in [2.05, 4.69) is 5.32 Å². The largest absolute Gasteiger partial charge is 0.496 e.